The van der Waals surface area contributed by atoms with Gasteiger partial charge in [-0.1, -0.05) is 57.0 Å². The fourth-order valence-electron chi connectivity index (χ4n) is 4.09. The molecular weight excluding hydrogens is 448 g/mol. The number of aromatic nitrogens is 4. The summed E-state index contributed by atoms with van der Waals surface area (Å²) < 4.78 is 12.0. The van der Waals surface area contributed by atoms with Gasteiger partial charge in [0.25, 0.3) is 0 Å². The van der Waals surface area contributed by atoms with Crippen LogP contribution in [0.5, 0.6) is 0 Å². The molecule has 3 aromatic carbocycles. The molecule has 0 aliphatic heterocycles. The van der Waals surface area contributed by atoms with E-state index >= 15 is 0 Å². The molecule has 0 radical (unpaired) electrons. The Kier molecular flexibility index (Phi) is 7.31. The van der Waals surface area contributed by atoms with E-state index in [1.807, 2.05) is 48.5 Å². The van der Waals surface area contributed by atoms with Gasteiger partial charge in [0.2, 0.25) is 23.6 Å². The molecule has 0 saturated heterocycles. The molecule has 0 unspecified atom stereocenters. The molecule has 0 saturated carbocycles. The van der Waals surface area contributed by atoms with Crippen molar-refractivity contribution in [3.05, 3.63) is 83.9 Å². The predicted octanol–water partition coefficient (Wildman–Crippen LogP) is 7.81. The number of hydrogen-bond donors (Lipinski definition) is 0. The smallest absolute Gasteiger partial charge is 0.248 e. The number of unbranched alkanes of at least 4 members (excludes halogenated alkanes) is 2. The summed E-state index contributed by atoms with van der Waals surface area (Å²) in [5, 5.41) is 17.1. The van der Waals surface area contributed by atoms with Crippen molar-refractivity contribution >= 4 is 0 Å². The minimum absolute atomic E-state index is 0.448. The van der Waals surface area contributed by atoms with Crippen LogP contribution in [0.1, 0.15) is 50.7 Å². The van der Waals surface area contributed by atoms with Gasteiger partial charge in [-0.2, -0.15) is 0 Å². The molecule has 182 valence electrons. The third kappa shape index (κ3) is 5.43. The highest BCUT2D eigenvalue weighted by molar-refractivity contribution is 5.66. The fraction of sp³-hybridized carbons (Fsp3) is 0.267. The second kappa shape index (κ2) is 11.1. The van der Waals surface area contributed by atoms with Gasteiger partial charge in [-0.25, -0.2) is 0 Å². The van der Waals surface area contributed by atoms with E-state index in [-0.39, 0.29) is 0 Å². The van der Waals surface area contributed by atoms with E-state index < -0.39 is 0 Å². The van der Waals surface area contributed by atoms with E-state index in [0.29, 0.717) is 23.6 Å². The highest BCUT2D eigenvalue weighted by Crippen LogP contribution is 2.29. The minimum atomic E-state index is 0.448. The topological polar surface area (TPSA) is 77.8 Å². The average Bonchev–Trinajstić information content (AvgIpc) is 3.62. The summed E-state index contributed by atoms with van der Waals surface area (Å²) in [4.78, 5) is 0. The van der Waals surface area contributed by atoms with Crippen molar-refractivity contribution in [2.45, 2.75) is 52.4 Å². The van der Waals surface area contributed by atoms with Gasteiger partial charge < -0.3 is 8.83 Å². The highest BCUT2D eigenvalue weighted by Gasteiger charge is 2.15. The Morgan fingerprint density at radius 2 is 0.889 bits per heavy atom. The molecule has 5 aromatic rings. The van der Waals surface area contributed by atoms with Crippen LogP contribution in [0, 0.1) is 0 Å². The zero-order valence-corrected chi connectivity index (χ0v) is 20.8. The quantitative estimate of drug-likeness (QED) is 0.204. The number of rotatable bonds is 10. The molecule has 2 heterocycles. The molecule has 0 atom stereocenters. The van der Waals surface area contributed by atoms with Gasteiger partial charge >= 0.3 is 0 Å². The summed E-state index contributed by atoms with van der Waals surface area (Å²) in [7, 11) is 0. The van der Waals surface area contributed by atoms with E-state index in [0.717, 1.165) is 35.1 Å². The van der Waals surface area contributed by atoms with Crippen LogP contribution in [0.2, 0.25) is 0 Å². The number of benzene rings is 3. The average molecular weight is 479 g/mol. The summed E-state index contributed by atoms with van der Waals surface area (Å²) >= 11 is 0. The molecule has 6 heteroatoms. The maximum atomic E-state index is 5.99. The molecule has 0 N–H and O–H groups in total. The van der Waals surface area contributed by atoms with Gasteiger partial charge in [0.05, 0.1) is 0 Å². The van der Waals surface area contributed by atoms with E-state index in [9.17, 15) is 0 Å². The standard InChI is InChI=1S/C30H30N4O2/c1-3-5-8-21-12-16-23(17-13-21)27-31-33-29(35-27)25-10-7-11-26(20-25)30-34-32-28(36-30)24-18-14-22(15-19-24)9-6-4-2/h7,10-20H,3-6,8-9H2,1-2H3. The lowest BCUT2D eigenvalue weighted by atomic mass is 10.1. The zero-order chi connectivity index (χ0) is 24.7. The van der Waals surface area contributed by atoms with Crippen LogP contribution < -0.4 is 0 Å². The van der Waals surface area contributed by atoms with Crippen LogP contribution in [0.3, 0.4) is 0 Å². The summed E-state index contributed by atoms with van der Waals surface area (Å²) in [5.41, 5.74) is 6.05. The lowest BCUT2D eigenvalue weighted by Gasteiger charge is -2.01. The molecule has 0 bridgehead atoms. The molecule has 36 heavy (non-hydrogen) atoms. The van der Waals surface area contributed by atoms with Crippen LogP contribution in [0.15, 0.2) is 81.6 Å². The normalized spacial score (nSPS) is 11.2. The maximum absolute atomic E-state index is 5.99. The fourth-order valence-corrected chi connectivity index (χ4v) is 4.09. The second-order valence-corrected chi connectivity index (χ2v) is 9.01. The van der Waals surface area contributed by atoms with E-state index in [1.54, 1.807) is 0 Å². The van der Waals surface area contributed by atoms with Gasteiger partial charge in [-0.3, -0.25) is 0 Å². The first-order valence-corrected chi connectivity index (χ1v) is 12.7. The Labute approximate surface area is 211 Å². The SMILES string of the molecule is CCCCc1ccc(-c2nnc(-c3cccc(-c4nnc(-c5ccc(CCCC)cc5)o4)c3)o2)cc1. The second-order valence-electron chi connectivity index (χ2n) is 9.01. The van der Waals surface area contributed by atoms with Crippen molar-refractivity contribution in [3.8, 4) is 45.8 Å². The van der Waals surface area contributed by atoms with Gasteiger partial charge in [-0.05, 0) is 79.3 Å². The van der Waals surface area contributed by atoms with E-state index in [4.69, 9.17) is 8.83 Å². The zero-order valence-electron chi connectivity index (χ0n) is 20.8. The molecule has 5 rings (SSSR count). The van der Waals surface area contributed by atoms with Crippen molar-refractivity contribution in [2.75, 3.05) is 0 Å². The van der Waals surface area contributed by atoms with Crippen molar-refractivity contribution in [1.29, 1.82) is 0 Å². The number of hydrogen-bond acceptors (Lipinski definition) is 6. The first-order chi connectivity index (χ1) is 17.7. The van der Waals surface area contributed by atoms with Crippen LogP contribution in [0.25, 0.3) is 45.8 Å². The molecule has 6 nitrogen and oxygen atoms in total. The largest absolute Gasteiger partial charge is 0.416 e. The lowest BCUT2D eigenvalue weighted by Crippen LogP contribution is -1.85. The van der Waals surface area contributed by atoms with Gasteiger partial charge in [0, 0.05) is 22.3 Å². The monoisotopic (exact) mass is 478 g/mol. The third-order valence-electron chi connectivity index (χ3n) is 6.25. The summed E-state index contributed by atoms with van der Waals surface area (Å²) in [5.74, 6) is 1.90. The van der Waals surface area contributed by atoms with Crippen LogP contribution in [-0.4, -0.2) is 20.4 Å². The Hall–Kier alpha value is -4.06. The van der Waals surface area contributed by atoms with Crippen LogP contribution in [0.4, 0.5) is 0 Å². The molecule has 0 spiro atoms. The van der Waals surface area contributed by atoms with Crippen LogP contribution >= 0.6 is 0 Å². The summed E-state index contributed by atoms with van der Waals surface area (Å²) in [6.45, 7) is 4.40. The van der Waals surface area contributed by atoms with Crippen molar-refractivity contribution in [1.82, 2.24) is 20.4 Å². The van der Waals surface area contributed by atoms with Gasteiger partial charge in [-0.15, -0.1) is 20.4 Å². The van der Waals surface area contributed by atoms with E-state index in [2.05, 4.69) is 58.5 Å². The molecule has 0 aliphatic carbocycles. The van der Waals surface area contributed by atoms with Gasteiger partial charge in [0.15, 0.2) is 0 Å². The molecular formula is C30H30N4O2. The summed E-state index contributed by atoms with van der Waals surface area (Å²) in [6, 6.07) is 24.4. The Morgan fingerprint density at radius 1 is 0.500 bits per heavy atom. The van der Waals surface area contributed by atoms with Crippen molar-refractivity contribution < 1.29 is 8.83 Å². The third-order valence-corrected chi connectivity index (χ3v) is 6.25. The molecule has 0 fully saturated rings. The molecule has 0 amide bonds. The van der Waals surface area contributed by atoms with Gasteiger partial charge in [0.1, 0.15) is 0 Å². The number of nitrogens with zero attached hydrogens (tertiary/aromatic N) is 4. The highest BCUT2D eigenvalue weighted by atomic mass is 16.4. The molecule has 2 aromatic heterocycles. The first kappa shape index (κ1) is 23.7. The summed E-state index contributed by atoms with van der Waals surface area (Å²) in [6.07, 6.45) is 6.91. The minimum Gasteiger partial charge on any atom is -0.416 e. The Morgan fingerprint density at radius 3 is 1.28 bits per heavy atom. The Bertz CT molecular complexity index is 1300. The lowest BCUT2D eigenvalue weighted by molar-refractivity contribution is 0.582. The first-order valence-electron chi connectivity index (χ1n) is 12.7. The molecule has 0 aliphatic rings. The van der Waals surface area contributed by atoms with Crippen molar-refractivity contribution in [3.63, 3.8) is 0 Å². The Balaban J connectivity index is 1.32. The van der Waals surface area contributed by atoms with Crippen molar-refractivity contribution in [2.24, 2.45) is 0 Å². The predicted molar refractivity (Wildman–Crippen MR) is 141 cm³/mol. The number of aryl methyl sites for hydroxylation is 2. The van der Waals surface area contributed by atoms with Crippen LogP contribution in [-0.2, 0) is 12.8 Å². The maximum Gasteiger partial charge on any atom is 0.248 e. The van der Waals surface area contributed by atoms with E-state index in [1.165, 1.54) is 36.8 Å².